The minimum absolute atomic E-state index is 0.228. The van der Waals surface area contributed by atoms with Crippen LogP contribution in [-0.4, -0.2) is 38.3 Å². The second-order valence-corrected chi connectivity index (χ2v) is 7.04. The van der Waals surface area contributed by atoms with E-state index in [0.717, 1.165) is 5.56 Å². The van der Waals surface area contributed by atoms with E-state index in [1.54, 1.807) is 35.2 Å². The fourth-order valence-electron chi connectivity index (χ4n) is 3.28. The summed E-state index contributed by atoms with van der Waals surface area (Å²) in [6, 6.07) is 23.8. The van der Waals surface area contributed by atoms with Crippen LogP contribution in [0.2, 0.25) is 0 Å². The Balaban J connectivity index is 1.61. The number of para-hydroxylation sites is 4. The lowest BCUT2D eigenvalue weighted by Gasteiger charge is -2.25. The minimum Gasteiger partial charge on any atom is -0.488 e. The Morgan fingerprint density at radius 1 is 0.688 bits per heavy atom. The third-order valence-corrected chi connectivity index (χ3v) is 4.76. The number of carbonyl (C=O) groups excluding carboxylic acids is 2. The van der Waals surface area contributed by atoms with Crippen molar-refractivity contribution in [1.82, 2.24) is 0 Å². The lowest BCUT2D eigenvalue weighted by molar-refractivity contribution is -0.141. The SMILES string of the molecule is O=C1COCC(=O)N(Cc2ccccc2)c2ccccc2OCCOc2ccccc2O1. The molecule has 1 amide bonds. The predicted molar refractivity (Wildman–Crippen MR) is 118 cm³/mol. The first kappa shape index (κ1) is 21.4. The monoisotopic (exact) mass is 433 g/mol. The Bertz CT molecular complexity index is 1070. The molecule has 0 saturated heterocycles. The number of amides is 1. The van der Waals surface area contributed by atoms with Crippen LogP contribution >= 0.6 is 0 Å². The van der Waals surface area contributed by atoms with Crippen LogP contribution in [0.25, 0.3) is 0 Å². The molecule has 0 unspecified atom stereocenters. The number of hydrogen-bond donors (Lipinski definition) is 0. The Labute approximate surface area is 186 Å². The molecule has 0 N–H and O–H groups in total. The summed E-state index contributed by atoms with van der Waals surface area (Å²) in [5, 5.41) is 0. The van der Waals surface area contributed by atoms with Crippen LogP contribution < -0.4 is 19.1 Å². The maximum atomic E-state index is 13.1. The summed E-state index contributed by atoms with van der Waals surface area (Å²) in [4.78, 5) is 26.9. The highest BCUT2D eigenvalue weighted by atomic mass is 16.6. The molecule has 32 heavy (non-hydrogen) atoms. The van der Waals surface area contributed by atoms with Crippen molar-refractivity contribution in [2.75, 3.05) is 31.3 Å². The summed E-state index contributed by atoms with van der Waals surface area (Å²) in [6.45, 7) is 0.150. The maximum absolute atomic E-state index is 13.1. The summed E-state index contributed by atoms with van der Waals surface area (Å²) >= 11 is 0. The molecule has 0 atom stereocenters. The summed E-state index contributed by atoms with van der Waals surface area (Å²) in [6.07, 6.45) is 0. The third kappa shape index (κ3) is 5.44. The largest absolute Gasteiger partial charge is 0.488 e. The highest BCUT2D eigenvalue weighted by Gasteiger charge is 2.21. The van der Waals surface area contributed by atoms with Crippen molar-refractivity contribution in [3.05, 3.63) is 84.4 Å². The molecule has 3 aromatic rings. The van der Waals surface area contributed by atoms with Gasteiger partial charge >= 0.3 is 5.97 Å². The molecule has 0 radical (unpaired) electrons. The van der Waals surface area contributed by atoms with Crippen LogP contribution in [0.5, 0.6) is 17.2 Å². The minimum atomic E-state index is -0.616. The predicted octanol–water partition coefficient (Wildman–Crippen LogP) is 3.61. The lowest BCUT2D eigenvalue weighted by Crippen LogP contribution is -2.34. The first-order valence-electron chi connectivity index (χ1n) is 10.3. The molecular formula is C25H23NO6. The van der Waals surface area contributed by atoms with Gasteiger partial charge in [0.25, 0.3) is 5.91 Å². The van der Waals surface area contributed by atoms with Gasteiger partial charge in [-0.05, 0) is 29.8 Å². The zero-order valence-electron chi connectivity index (χ0n) is 17.4. The average Bonchev–Trinajstić information content (AvgIpc) is 2.82. The molecule has 0 aromatic heterocycles. The van der Waals surface area contributed by atoms with Gasteiger partial charge in [-0.1, -0.05) is 54.6 Å². The fraction of sp³-hybridized carbons (Fsp3) is 0.200. The zero-order valence-corrected chi connectivity index (χ0v) is 17.4. The van der Waals surface area contributed by atoms with Gasteiger partial charge in [0.1, 0.15) is 32.2 Å². The Morgan fingerprint density at radius 2 is 1.31 bits per heavy atom. The number of carbonyl (C=O) groups is 2. The van der Waals surface area contributed by atoms with Crippen LogP contribution in [0, 0.1) is 0 Å². The van der Waals surface area contributed by atoms with Crippen LogP contribution in [0.15, 0.2) is 78.9 Å². The van der Waals surface area contributed by atoms with Crippen molar-refractivity contribution in [1.29, 1.82) is 0 Å². The second-order valence-electron chi connectivity index (χ2n) is 7.04. The molecule has 0 bridgehead atoms. The van der Waals surface area contributed by atoms with Crippen LogP contribution in [0.4, 0.5) is 5.69 Å². The molecule has 4 rings (SSSR count). The number of rotatable bonds is 2. The molecule has 1 aliphatic rings. The molecular weight excluding hydrogens is 410 g/mol. The van der Waals surface area contributed by atoms with Gasteiger partial charge in [-0.25, -0.2) is 4.79 Å². The normalized spacial score (nSPS) is 15.2. The number of nitrogens with zero attached hydrogens (tertiary/aromatic N) is 1. The Kier molecular flexibility index (Phi) is 6.99. The Hall–Kier alpha value is -3.84. The molecule has 0 aliphatic carbocycles. The number of fused-ring (bicyclic) bond motifs is 2. The third-order valence-electron chi connectivity index (χ3n) is 4.76. The van der Waals surface area contributed by atoms with Crippen molar-refractivity contribution in [3.63, 3.8) is 0 Å². The van der Waals surface area contributed by atoms with Crippen LogP contribution in [0.3, 0.4) is 0 Å². The van der Waals surface area contributed by atoms with E-state index in [4.69, 9.17) is 18.9 Å². The molecule has 0 saturated carbocycles. The molecule has 1 aliphatic heterocycles. The van der Waals surface area contributed by atoms with Gasteiger partial charge in [0.05, 0.1) is 12.2 Å². The molecule has 1 heterocycles. The lowest BCUT2D eigenvalue weighted by atomic mass is 10.2. The van der Waals surface area contributed by atoms with E-state index in [1.807, 2.05) is 48.5 Å². The number of esters is 1. The summed E-state index contributed by atoms with van der Waals surface area (Å²) < 4.78 is 22.4. The van der Waals surface area contributed by atoms with E-state index in [-0.39, 0.29) is 38.1 Å². The van der Waals surface area contributed by atoms with E-state index in [9.17, 15) is 9.59 Å². The first-order valence-corrected chi connectivity index (χ1v) is 10.3. The van der Waals surface area contributed by atoms with E-state index in [1.165, 1.54) is 0 Å². The van der Waals surface area contributed by atoms with Crippen molar-refractivity contribution < 1.29 is 28.5 Å². The number of ether oxygens (including phenoxy) is 4. The first-order chi connectivity index (χ1) is 15.7. The molecule has 7 nitrogen and oxygen atoms in total. The zero-order chi connectivity index (χ0) is 22.2. The van der Waals surface area contributed by atoms with Gasteiger partial charge in [0, 0.05) is 0 Å². The van der Waals surface area contributed by atoms with Crippen molar-refractivity contribution >= 4 is 17.6 Å². The highest BCUT2D eigenvalue weighted by molar-refractivity contribution is 5.95. The smallest absolute Gasteiger partial charge is 0.337 e. The highest BCUT2D eigenvalue weighted by Crippen LogP contribution is 2.30. The van der Waals surface area contributed by atoms with Gasteiger partial charge in [-0.15, -0.1) is 0 Å². The topological polar surface area (TPSA) is 74.3 Å². The quantitative estimate of drug-likeness (QED) is 0.454. The summed E-state index contributed by atoms with van der Waals surface area (Å²) in [5.41, 5.74) is 1.56. The second kappa shape index (κ2) is 10.5. The average molecular weight is 433 g/mol. The Morgan fingerprint density at radius 3 is 2.09 bits per heavy atom. The summed E-state index contributed by atoms with van der Waals surface area (Å²) in [5.74, 6) is 0.345. The van der Waals surface area contributed by atoms with Gasteiger partial charge in [0.2, 0.25) is 0 Å². The molecule has 0 spiro atoms. The molecule has 7 heteroatoms. The van der Waals surface area contributed by atoms with E-state index >= 15 is 0 Å². The van der Waals surface area contributed by atoms with Gasteiger partial charge in [0.15, 0.2) is 11.5 Å². The summed E-state index contributed by atoms with van der Waals surface area (Å²) in [7, 11) is 0. The number of hydrogen-bond acceptors (Lipinski definition) is 6. The molecule has 3 aromatic carbocycles. The molecule has 0 fully saturated rings. The van der Waals surface area contributed by atoms with Crippen LogP contribution in [-0.2, 0) is 20.9 Å². The van der Waals surface area contributed by atoms with E-state index < -0.39 is 5.97 Å². The number of anilines is 1. The fourth-order valence-corrected chi connectivity index (χ4v) is 3.28. The van der Waals surface area contributed by atoms with Gasteiger partial charge < -0.3 is 23.8 Å². The van der Waals surface area contributed by atoms with Crippen molar-refractivity contribution in [3.8, 4) is 17.2 Å². The maximum Gasteiger partial charge on any atom is 0.337 e. The van der Waals surface area contributed by atoms with E-state index in [2.05, 4.69) is 0 Å². The van der Waals surface area contributed by atoms with Gasteiger partial charge in [-0.3, -0.25) is 4.79 Å². The van der Waals surface area contributed by atoms with E-state index in [0.29, 0.717) is 23.7 Å². The van der Waals surface area contributed by atoms with Crippen molar-refractivity contribution in [2.24, 2.45) is 0 Å². The number of benzene rings is 3. The standard InChI is InChI=1S/C25H23NO6/c27-24-17-29-18-25(28)32-23-13-7-6-12-22(23)31-15-14-30-21-11-5-4-10-20(21)26(24)16-19-8-2-1-3-9-19/h1-13H,14-18H2. The molecule has 164 valence electrons. The van der Waals surface area contributed by atoms with Crippen molar-refractivity contribution in [2.45, 2.75) is 6.54 Å². The van der Waals surface area contributed by atoms with Crippen LogP contribution in [0.1, 0.15) is 5.56 Å². The van der Waals surface area contributed by atoms with Gasteiger partial charge in [-0.2, -0.15) is 0 Å².